The molecule has 0 aliphatic carbocycles. The number of nitrogens with zero attached hydrogens (tertiary/aromatic N) is 2. The van der Waals surface area contributed by atoms with E-state index in [4.69, 9.17) is 21.1 Å². The summed E-state index contributed by atoms with van der Waals surface area (Å²) in [5, 5.41) is 2.07. The Balaban J connectivity index is 1.22. The van der Waals surface area contributed by atoms with Gasteiger partial charge in [-0.25, -0.2) is 4.90 Å². The van der Waals surface area contributed by atoms with Gasteiger partial charge in [0.25, 0.3) is 5.85 Å². The van der Waals surface area contributed by atoms with Crippen LogP contribution in [0.2, 0.25) is 5.02 Å². The number of rotatable bonds is 5. The number of ether oxygens (including phenoxy) is 2. The van der Waals surface area contributed by atoms with E-state index in [9.17, 15) is 0 Å². The molecule has 1 atom stereocenters. The predicted molar refractivity (Wildman–Crippen MR) is 125 cm³/mol. The average molecular weight is 440 g/mol. The minimum Gasteiger partial charge on any atom is -0.482 e. The Morgan fingerprint density at radius 3 is 2.68 bits per heavy atom. The molecule has 3 heterocycles. The van der Waals surface area contributed by atoms with Crippen LogP contribution in [0, 0.1) is 5.92 Å². The van der Waals surface area contributed by atoms with Gasteiger partial charge in [0.1, 0.15) is 0 Å². The first-order chi connectivity index (χ1) is 15.0. The van der Waals surface area contributed by atoms with E-state index in [-0.39, 0.29) is 0 Å². The Morgan fingerprint density at radius 2 is 1.90 bits per heavy atom. The van der Waals surface area contributed by atoms with Crippen LogP contribution in [0.3, 0.4) is 0 Å². The number of hydrogen-bond acceptors (Lipinski definition) is 4. The molecule has 5 nitrogen and oxygen atoms in total. The molecule has 2 aliphatic rings. The van der Waals surface area contributed by atoms with Crippen molar-refractivity contribution in [2.75, 3.05) is 33.8 Å². The first kappa shape index (κ1) is 20.7. The molecule has 0 bridgehead atoms. The lowest BCUT2D eigenvalue weighted by molar-refractivity contribution is -0.216. The highest BCUT2D eigenvalue weighted by atomic mass is 35.5. The number of nitrogens with one attached hydrogen (secondary N) is 1. The van der Waals surface area contributed by atoms with Gasteiger partial charge < -0.3 is 14.5 Å². The molecule has 1 fully saturated rings. The van der Waals surface area contributed by atoms with Crippen LogP contribution in [0.25, 0.3) is 10.9 Å². The van der Waals surface area contributed by atoms with Gasteiger partial charge in [0.05, 0.1) is 0 Å². The molecule has 0 spiro atoms. The van der Waals surface area contributed by atoms with E-state index in [1.54, 1.807) is 0 Å². The summed E-state index contributed by atoms with van der Waals surface area (Å²) in [6.45, 7) is 2.54. The third-order valence-corrected chi connectivity index (χ3v) is 7.13. The van der Waals surface area contributed by atoms with Gasteiger partial charge in [0.2, 0.25) is 0 Å². The number of aromatic amines is 1. The van der Waals surface area contributed by atoms with Crippen molar-refractivity contribution in [3.8, 4) is 11.5 Å². The molecule has 1 saturated heterocycles. The first-order valence-electron chi connectivity index (χ1n) is 11.1. The van der Waals surface area contributed by atoms with Gasteiger partial charge in [0.15, 0.2) is 18.1 Å². The van der Waals surface area contributed by atoms with Crippen LogP contribution in [0.1, 0.15) is 24.8 Å². The van der Waals surface area contributed by atoms with Crippen LogP contribution in [0.15, 0.2) is 48.7 Å². The predicted octanol–water partition coefficient (Wildman–Crippen LogP) is 5.15. The Morgan fingerprint density at radius 1 is 1.13 bits per heavy atom. The first-order valence-corrected chi connectivity index (χ1v) is 11.5. The molecular formula is C25H30ClN3O2. The number of piperidine rings is 1. The molecule has 1 N–H and O–H groups in total. The highest BCUT2D eigenvalue weighted by molar-refractivity contribution is 6.31. The molecule has 2 aliphatic heterocycles. The second kappa shape index (κ2) is 8.38. The zero-order chi connectivity index (χ0) is 21.4. The van der Waals surface area contributed by atoms with E-state index in [0.29, 0.717) is 6.61 Å². The number of aromatic nitrogens is 1. The number of halogens is 1. The summed E-state index contributed by atoms with van der Waals surface area (Å²) in [7, 11) is 4.15. The molecule has 5 rings (SSSR count). The minimum atomic E-state index is -0.546. The van der Waals surface area contributed by atoms with Gasteiger partial charge >= 0.3 is 0 Å². The largest absolute Gasteiger partial charge is 0.482 e. The van der Waals surface area contributed by atoms with Gasteiger partial charge in [0, 0.05) is 35.2 Å². The molecular weight excluding hydrogens is 410 g/mol. The zero-order valence-corrected chi connectivity index (χ0v) is 19.0. The Labute approximate surface area is 188 Å². The van der Waals surface area contributed by atoms with Crippen LogP contribution in [-0.4, -0.2) is 54.4 Å². The number of aryl methyl sites for hydroxylation is 1. The zero-order valence-electron chi connectivity index (χ0n) is 18.2. The van der Waals surface area contributed by atoms with Gasteiger partial charge in [-0.2, -0.15) is 0 Å². The lowest BCUT2D eigenvalue weighted by Crippen LogP contribution is -2.67. The van der Waals surface area contributed by atoms with Crippen molar-refractivity contribution in [2.24, 2.45) is 5.92 Å². The quantitative estimate of drug-likeness (QED) is 0.596. The van der Waals surface area contributed by atoms with Crippen molar-refractivity contribution in [1.82, 2.24) is 14.8 Å². The van der Waals surface area contributed by atoms with E-state index in [2.05, 4.69) is 41.1 Å². The highest BCUT2D eigenvalue weighted by Crippen LogP contribution is 2.39. The number of para-hydroxylation sites is 2. The number of fused-ring (bicyclic) bond motifs is 2. The molecule has 3 aromatic rings. The molecule has 31 heavy (non-hydrogen) atoms. The van der Waals surface area contributed by atoms with Crippen molar-refractivity contribution in [1.29, 1.82) is 0 Å². The maximum atomic E-state index is 6.54. The van der Waals surface area contributed by atoms with Gasteiger partial charge in [-0.1, -0.05) is 29.8 Å². The molecule has 0 amide bonds. The Hall–Kier alpha value is -2.21. The van der Waals surface area contributed by atoms with Crippen molar-refractivity contribution in [2.45, 2.75) is 31.5 Å². The van der Waals surface area contributed by atoms with Crippen molar-refractivity contribution in [3.05, 3.63) is 59.2 Å². The van der Waals surface area contributed by atoms with E-state index < -0.39 is 5.85 Å². The Kier molecular flexibility index (Phi) is 5.59. The smallest absolute Gasteiger partial charge is 0.256 e. The number of likely N-dealkylation sites (N-methyl/N-ethyl adjacent to an activating group) is 1. The summed E-state index contributed by atoms with van der Waals surface area (Å²) in [5.74, 6) is 1.83. The van der Waals surface area contributed by atoms with Crippen molar-refractivity contribution in [3.63, 3.8) is 0 Å². The number of benzene rings is 2. The number of likely N-dealkylation sites (tertiary alicyclic amines) is 1. The van der Waals surface area contributed by atoms with Crippen LogP contribution in [-0.2, 0) is 6.42 Å². The summed E-state index contributed by atoms with van der Waals surface area (Å²) in [4.78, 5) is 7.97. The third kappa shape index (κ3) is 3.91. The van der Waals surface area contributed by atoms with Gasteiger partial charge in [-0.15, -0.1) is 0 Å². The Bertz CT molecular complexity index is 1060. The normalized spacial score (nSPS) is 22.3. The summed E-state index contributed by atoms with van der Waals surface area (Å²) in [6, 6.07) is 14.1. The van der Waals surface area contributed by atoms with E-state index in [1.165, 1.54) is 30.2 Å². The topological polar surface area (TPSA) is 40.7 Å². The second-order valence-electron chi connectivity index (χ2n) is 8.95. The second-order valence-corrected chi connectivity index (χ2v) is 9.38. The van der Waals surface area contributed by atoms with Crippen LogP contribution in [0.5, 0.6) is 11.5 Å². The fourth-order valence-electron chi connectivity index (χ4n) is 4.99. The maximum Gasteiger partial charge on any atom is 0.256 e. The molecule has 2 aromatic carbocycles. The summed E-state index contributed by atoms with van der Waals surface area (Å²) in [6.07, 6.45) is 6.79. The standard InChI is InChI=1S/C25H30ClN3O2/c1-28(2)25(17-30-23-5-3-4-6-24(23)31-25)29-13-11-18(12-14-29)7-8-19-16-27-22-15-20(26)9-10-21(19)22/h3-6,9-10,15-16,18,27H,7-8,11-14,17H2,1-2H3. The molecule has 164 valence electrons. The van der Waals surface area contributed by atoms with E-state index in [1.807, 2.05) is 36.4 Å². The van der Waals surface area contributed by atoms with Gasteiger partial charge in [-0.3, -0.25) is 4.90 Å². The average Bonchev–Trinajstić information content (AvgIpc) is 3.19. The van der Waals surface area contributed by atoms with Crippen LogP contribution >= 0.6 is 11.6 Å². The van der Waals surface area contributed by atoms with E-state index in [0.717, 1.165) is 47.5 Å². The lowest BCUT2D eigenvalue weighted by Gasteiger charge is -2.51. The van der Waals surface area contributed by atoms with Gasteiger partial charge in [-0.05, 0) is 75.5 Å². The molecule has 1 aromatic heterocycles. The molecule has 1 unspecified atom stereocenters. The molecule has 0 radical (unpaired) electrons. The number of H-pyrrole nitrogens is 1. The van der Waals surface area contributed by atoms with Crippen molar-refractivity contribution < 1.29 is 9.47 Å². The molecule has 6 heteroatoms. The minimum absolute atomic E-state index is 0.513. The highest BCUT2D eigenvalue weighted by Gasteiger charge is 2.46. The monoisotopic (exact) mass is 439 g/mol. The summed E-state index contributed by atoms with van der Waals surface area (Å²) < 4.78 is 12.6. The van der Waals surface area contributed by atoms with Crippen LogP contribution < -0.4 is 9.47 Å². The lowest BCUT2D eigenvalue weighted by atomic mass is 9.90. The van der Waals surface area contributed by atoms with Crippen LogP contribution in [0.4, 0.5) is 0 Å². The SMILES string of the molecule is CN(C)C1(N2CCC(CCc3c[nH]c4cc(Cl)ccc34)CC2)COc2ccccc2O1. The third-order valence-electron chi connectivity index (χ3n) is 6.90. The fourth-order valence-corrected chi connectivity index (χ4v) is 5.16. The molecule has 0 saturated carbocycles. The summed E-state index contributed by atoms with van der Waals surface area (Å²) in [5.41, 5.74) is 2.51. The van der Waals surface area contributed by atoms with E-state index >= 15 is 0 Å². The number of hydrogen-bond donors (Lipinski definition) is 1. The van der Waals surface area contributed by atoms with Crippen molar-refractivity contribution >= 4 is 22.5 Å². The summed E-state index contributed by atoms with van der Waals surface area (Å²) >= 11 is 6.12. The fraction of sp³-hybridized carbons (Fsp3) is 0.440. The maximum absolute atomic E-state index is 6.54.